The first-order chi connectivity index (χ1) is 10.8. The average Bonchev–Trinajstić information content (AvgIpc) is 3.08. The summed E-state index contributed by atoms with van der Waals surface area (Å²) in [7, 11) is 1.74. The standard InChI is InChI=1S/C19H17BrOS/c1-21-18-10-9-15(20)13-16(18)17(19-8-5-11-22-19)12-14-6-3-2-4-7-14/h2-11,13,17H,12H2,1H3. The van der Waals surface area contributed by atoms with Crippen LogP contribution in [0.5, 0.6) is 5.75 Å². The Morgan fingerprint density at radius 1 is 1.05 bits per heavy atom. The quantitative estimate of drug-likeness (QED) is 0.542. The molecule has 0 fully saturated rings. The van der Waals surface area contributed by atoms with Gasteiger partial charge in [-0.05, 0) is 41.6 Å². The van der Waals surface area contributed by atoms with Crippen LogP contribution in [0.2, 0.25) is 0 Å². The molecule has 1 heterocycles. The summed E-state index contributed by atoms with van der Waals surface area (Å²) >= 11 is 5.39. The van der Waals surface area contributed by atoms with Crippen LogP contribution in [0.15, 0.2) is 70.5 Å². The van der Waals surface area contributed by atoms with Gasteiger partial charge in [-0.25, -0.2) is 0 Å². The first kappa shape index (κ1) is 15.3. The second kappa shape index (κ2) is 7.12. The van der Waals surface area contributed by atoms with Gasteiger partial charge in [0.05, 0.1) is 7.11 Å². The number of hydrogen-bond acceptors (Lipinski definition) is 2. The summed E-state index contributed by atoms with van der Waals surface area (Å²) in [5.74, 6) is 1.24. The molecule has 0 amide bonds. The molecule has 0 aliphatic carbocycles. The SMILES string of the molecule is COc1ccc(Br)cc1C(Cc1ccccc1)c1cccs1. The number of halogens is 1. The lowest BCUT2D eigenvalue weighted by Crippen LogP contribution is -2.05. The van der Waals surface area contributed by atoms with Crippen molar-refractivity contribution in [2.24, 2.45) is 0 Å². The molecule has 1 atom stereocenters. The third-order valence-corrected chi connectivity index (χ3v) is 5.22. The largest absolute Gasteiger partial charge is 0.496 e. The Morgan fingerprint density at radius 3 is 2.55 bits per heavy atom. The van der Waals surface area contributed by atoms with E-state index in [9.17, 15) is 0 Å². The van der Waals surface area contributed by atoms with Gasteiger partial charge in [-0.15, -0.1) is 11.3 Å². The summed E-state index contributed by atoms with van der Waals surface area (Å²) in [6.07, 6.45) is 0.966. The molecule has 0 aliphatic heterocycles. The van der Waals surface area contributed by atoms with Crippen LogP contribution >= 0.6 is 27.3 Å². The summed E-state index contributed by atoms with van der Waals surface area (Å²) in [5.41, 5.74) is 2.56. The molecule has 2 aromatic carbocycles. The van der Waals surface area contributed by atoms with Crippen LogP contribution in [-0.2, 0) is 6.42 Å². The van der Waals surface area contributed by atoms with E-state index < -0.39 is 0 Å². The molecule has 1 aromatic heterocycles. The van der Waals surface area contributed by atoms with Crippen LogP contribution in [0.1, 0.15) is 21.9 Å². The fourth-order valence-electron chi connectivity index (χ4n) is 2.68. The lowest BCUT2D eigenvalue weighted by atomic mass is 9.90. The molecule has 112 valence electrons. The van der Waals surface area contributed by atoms with Gasteiger partial charge in [0.2, 0.25) is 0 Å². The Morgan fingerprint density at radius 2 is 1.86 bits per heavy atom. The molecule has 0 radical (unpaired) electrons. The van der Waals surface area contributed by atoms with E-state index >= 15 is 0 Å². The lowest BCUT2D eigenvalue weighted by Gasteiger charge is -2.19. The molecule has 0 N–H and O–H groups in total. The highest BCUT2D eigenvalue weighted by Crippen LogP contribution is 2.38. The molecule has 0 aliphatic rings. The molecule has 1 unspecified atom stereocenters. The predicted molar refractivity (Wildman–Crippen MR) is 97.0 cm³/mol. The Balaban J connectivity index is 2.04. The summed E-state index contributed by atoms with van der Waals surface area (Å²) < 4.78 is 6.68. The third kappa shape index (κ3) is 3.42. The molecular formula is C19H17BrOS. The van der Waals surface area contributed by atoms with E-state index in [1.165, 1.54) is 16.0 Å². The number of thiophene rings is 1. The molecule has 3 heteroatoms. The normalized spacial score (nSPS) is 12.1. The minimum atomic E-state index is 0.301. The number of hydrogen-bond donors (Lipinski definition) is 0. The molecule has 3 rings (SSSR count). The highest BCUT2D eigenvalue weighted by Gasteiger charge is 2.20. The molecule has 22 heavy (non-hydrogen) atoms. The molecule has 0 saturated heterocycles. The van der Waals surface area contributed by atoms with Crippen LogP contribution in [0, 0.1) is 0 Å². The Hall–Kier alpha value is -1.58. The van der Waals surface area contributed by atoms with E-state index in [1.807, 2.05) is 12.1 Å². The monoisotopic (exact) mass is 372 g/mol. The van der Waals surface area contributed by atoms with E-state index in [0.717, 1.165) is 16.6 Å². The number of rotatable bonds is 5. The van der Waals surface area contributed by atoms with E-state index in [1.54, 1.807) is 18.4 Å². The summed E-state index contributed by atoms with van der Waals surface area (Å²) in [5, 5.41) is 2.14. The van der Waals surface area contributed by atoms with Crippen molar-refractivity contribution in [3.63, 3.8) is 0 Å². The third-order valence-electron chi connectivity index (χ3n) is 3.74. The maximum absolute atomic E-state index is 5.60. The number of methoxy groups -OCH3 is 1. The molecular weight excluding hydrogens is 356 g/mol. The van der Waals surface area contributed by atoms with Gasteiger partial charge in [-0.1, -0.05) is 52.3 Å². The fraction of sp³-hybridized carbons (Fsp3) is 0.158. The van der Waals surface area contributed by atoms with Crippen molar-refractivity contribution in [1.82, 2.24) is 0 Å². The second-order valence-corrected chi connectivity index (χ2v) is 7.04. The maximum atomic E-state index is 5.60. The van der Waals surface area contributed by atoms with Gasteiger partial charge in [0, 0.05) is 20.8 Å². The minimum absolute atomic E-state index is 0.301. The lowest BCUT2D eigenvalue weighted by molar-refractivity contribution is 0.407. The van der Waals surface area contributed by atoms with Crippen LogP contribution in [-0.4, -0.2) is 7.11 Å². The van der Waals surface area contributed by atoms with E-state index in [4.69, 9.17) is 4.74 Å². The van der Waals surface area contributed by atoms with Crippen molar-refractivity contribution in [3.05, 3.63) is 86.5 Å². The van der Waals surface area contributed by atoms with Gasteiger partial charge in [0.25, 0.3) is 0 Å². The van der Waals surface area contributed by atoms with Gasteiger partial charge in [0.15, 0.2) is 0 Å². The van der Waals surface area contributed by atoms with Crippen LogP contribution in [0.4, 0.5) is 0 Å². The highest BCUT2D eigenvalue weighted by molar-refractivity contribution is 9.10. The van der Waals surface area contributed by atoms with E-state index in [-0.39, 0.29) is 0 Å². The first-order valence-corrected chi connectivity index (χ1v) is 8.86. The zero-order valence-electron chi connectivity index (χ0n) is 12.3. The first-order valence-electron chi connectivity index (χ1n) is 7.18. The second-order valence-electron chi connectivity index (χ2n) is 5.14. The Bertz CT molecular complexity index is 722. The molecule has 0 bridgehead atoms. The minimum Gasteiger partial charge on any atom is -0.496 e. The number of ether oxygens (including phenoxy) is 1. The smallest absolute Gasteiger partial charge is 0.122 e. The van der Waals surface area contributed by atoms with Gasteiger partial charge in [-0.3, -0.25) is 0 Å². The van der Waals surface area contributed by atoms with Crippen molar-refractivity contribution in [2.45, 2.75) is 12.3 Å². The van der Waals surface area contributed by atoms with E-state index in [2.05, 4.69) is 69.8 Å². The fourth-order valence-corrected chi connectivity index (χ4v) is 3.91. The summed E-state index contributed by atoms with van der Waals surface area (Å²) in [4.78, 5) is 1.36. The van der Waals surface area contributed by atoms with Crippen molar-refractivity contribution in [2.75, 3.05) is 7.11 Å². The Kier molecular flexibility index (Phi) is 4.96. The van der Waals surface area contributed by atoms with Crippen LogP contribution < -0.4 is 4.74 Å². The Labute approximate surface area is 143 Å². The number of benzene rings is 2. The highest BCUT2D eigenvalue weighted by atomic mass is 79.9. The molecule has 3 aromatic rings. The van der Waals surface area contributed by atoms with Crippen molar-refractivity contribution >= 4 is 27.3 Å². The zero-order chi connectivity index (χ0) is 15.4. The van der Waals surface area contributed by atoms with E-state index in [0.29, 0.717) is 5.92 Å². The molecule has 0 spiro atoms. The van der Waals surface area contributed by atoms with Crippen molar-refractivity contribution < 1.29 is 4.74 Å². The van der Waals surface area contributed by atoms with Gasteiger partial charge in [-0.2, -0.15) is 0 Å². The van der Waals surface area contributed by atoms with Crippen LogP contribution in [0.3, 0.4) is 0 Å². The maximum Gasteiger partial charge on any atom is 0.122 e. The van der Waals surface area contributed by atoms with Gasteiger partial charge >= 0.3 is 0 Å². The zero-order valence-corrected chi connectivity index (χ0v) is 14.7. The molecule has 0 saturated carbocycles. The topological polar surface area (TPSA) is 9.23 Å². The summed E-state index contributed by atoms with van der Waals surface area (Å²) in [6.45, 7) is 0. The van der Waals surface area contributed by atoms with Crippen LogP contribution in [0.25, 0.3) is 0 Å². The van der Waals surface area contributed by atoms with Gasteiger partial charge < -0.3 is 4.74 Å². The molecule has 1 nitrogen and oxygen atoms in total. The van der Waals surface area contributed by atoms with Crippen molar-refractivity contribution in [3.8, 4) is 5.75 Å². The predicted octanol–water partition coefficient (Wildman–Crippen LogP) is 5.89. The van der Waals surface area contributed by atoms with Gasteiger partial charge in [0.1, 0.15) is 5.75 Å². The average molecular weight is 373 g/mol. The van der Waals surface area contributed by atoms with Crippen molar-refractivity contribution in [1.29, 1.82) is 0 Å². The summed E-state index contributed by atoms with van der Waals surface area (Å²) in [6, 6.07) is 21.2.